The van der Waals surface area contributed by atoms with Crippen LogP contribution in [0.25, 0.3) is 0 Å². The molecule has 0 aliphatic carbocycles. The molecule has 0 radical (unpaired) electrons. The second-order valence-corrected chi connectivity index (χ2v) is 6.54. The molecule has 0 bridgehead atoms. The highest BCUT2D eigenvalue weighted by molar-refractivity contribution is 9.11. The molecule has 96 valence electrons. The average molecular weight is 350 g/mol. The zero-order valence-electron chi connectivity index (χ0n) is 9.29. The molecular weight excluding hydrogens is 339 g/mol. The summed E-state index contributed by atoms with van der Waals surface area (Å²) in [5, 5.41) is 2.55. The van der Waals surface area contributed by atoms with Gasteiger partial charge in [0, 0.05) is 5.02 Å². The van der Waals surface area contributed by atoms with Crippen LogP contribution in [-0.4, -0.2) is 0 Å². The van der Waals surface area contributed by atoms with Gasteiger partial charge in [-0.3, -0.25) is 11.3 Å². The van der Waals surface area contributed by atoms with Crippen molar-refractivity contribution in [2.24, 2.45) is 5.84 Å². The molecule has 0 fully saturated rings. The zero-order valence-corrected chi connectivity index (χ0v) is 12.4. The number of nitrogens with one attached hydrogen (secondary N) is 1. The van der Waals surface area contributed by atoms with Crippen molar-refractivity contribution >= 4 is 38.9 Å². The van der Waals surface area contributed by atoms with E-state index in [1.807, 2.05) is 11.4 Å². The molecule has 18 heavy (non-hydrogen) atoms. The standard InChI is InChI=1S/C12H11BrClFN2S/c13-12-5-8(6-18-12)11(17-16)4-7-3-9(15)1-2-10(7)14/h1-3,5-6,11,17H,4,16H2. The SMILES string of the molecule is NNC(Cc1cc(F)ccc1Cl)c1csc(Br)c1. The summed E-state index contributed by atoms with van der Waals surface area (Å²) >= 11 is 11.0. The van der Waals surface area contributed by atoms with E-state index >= 15 is 0 Å². The topological polar surface area (TPSA) is 38.0 Å². The first kappa shape index (κ1) is 14.0. The fourth-order valence-electron chi connectivity index (χ4n) is 1.70. The molecule has 1 aromatic heterocycles. The molecule has 1 aromatic carbocycles. The number of hydrogen-bond donors (Lipinski definition) is 2. The highest BCUT2D eigenvalue weighted by Crippen LogP contribution is 2.29. The van der Waals surface area contributed by atoms with Gasteiger partial charge in [-0.1, -0.05) is 11.6 Å². The fraction of sp³-hybridized carbons (Fsp3) is 0.167. The maximum atomic E-state index is 13.2. The van der Waals surface area contributed by atoms with Gasteiger partial charge in [-0.15, -0.1) is 11.3 Å². The van der Waals surface area contributed by atoms with Crippen molar-refractivity contribution in [2.45, 2.75) is 12.5 Å². The van der Waals surface area contributed by atoms with Crippen LogP contribution in [0.4, 0.5) is 4.39 Å². The first-order valence-electron chi connectivity index (χ1n) is 5.24. The third-order valence-corrected chi connectivity index (χ3v) is 4.51. The predicted octanol–water partition coefficient (Wildman–Crippen LogP) is 4.05. The van der Waals surface area contributed by atoms with Crippen LogP contribution in [0.3, 0.4) is 0 Å². The lowest BCUT2D eigenvalue weighted by Gasteiger charge is -2.15. The highest BCUT2D eigenvalue weighted by Gasteiger charge is 2.14. The van der Waals surface area contributed by atoms with Crippen molar-refractivity contribution in [3.63, 3.8) is 0 Å². The Morgan fingerprint density at radius 2 is 2.22 bits per heavy atom. The van der Waals surface area contributed by atoms with Crippen molar-refractivity contribution in [3.8, 4) is 0 Å². The lowest BCUT2D eigenvalue weighted by molar-refractivity contribution is 0.550. The first-order valence-corrected chi connectivity index (χ1v) is 7.29. The van der Waals surface area contributed by atoms with Crippen LogP contribution >= 0.6 is 38.9 Å². The Balaban J connectivity index is 2.22. The van der Waals surface area contributed by atoms with E-state index in [0.29, 0.717) is 11.4 Å². The van der Waals surface area contributed by atoms with E-state index in [-0.39, 0.29) is 11.9 Å². The van der Waals surface area contributed by atoms with Gasteiger partial charge in [0.1, 0.15) is 5.82 Å². The molecule has 0 amide bonds. The van der Waals surface area contributed by atoms with Gasteiger partial charge in [-0.25, -0.2) is 4.39 Å². The van der Waals surface area contributed by atoms with Crippen LogP contribution in [0.15, 0.2) is 33.4 Å². The molecule has 2 nitrogen and oxygen atoms in total. The number of hydrazine groups is 1. The summed E-state index contributed by atoms with van der Waals surface area (Å²) in [6, 6.07) is 6.24. The summed E-state index contributed by atoms with van der Waals surface area (Å²) in [5.41, 5.74) is 4.52. The largest absolute Gasteiger partial charge is 0.271 e. The van der Waals surface area contributed by atoms with Crippen LogP contribution in [0.2, 0.25) is 5.02 Å². The van der Waals surface area contributed by atoms with Crippen LogP contribution in [-0.2, 0) is 6.42 Å². The quantitative estimate of drug-likeness (QED) is 0.645. The summed E-state index contributed by atoms with van der Waals surface area (Å²) in [6.07, 6.45) is 0.538. The highest BCUT2D eigenvalue weighted by atomic mass is 79.9. The molecular formula is C12H11BrClFN2S. The van der Waals surface area contributed by atoms with Gasteiger partial charge in [0.25, 0.3) is 0 Å². The van der Waals surface area contributed by atoms with Crippen molar-refractivity contribution in [2.75, 3.05) is 0 Å². The molecule has 0 spiro atoms. The first-order chi connectivity index (χ1) is 8.60. The van der Waals surface area contributed by atoms with E-state index < -0.39 is 0 Å². The van der Waals surface area contributed by atoms with Crippen molar-refractivity contribution < 1.29 is 4.39 Å². The summed E-state index contributed by atoms with van der Waals surface area (Å²) in [5.74, 6) is 5.26. The summed E-state index contributed by atoms with van der Waals surface area (Å²) in [4.78, 5) is 0. The van der Waals surface area contributed by atoms with E-state index in [4.69, 9.17) is 17.4 Å². The lowest BCUT2D eigenvalue weighted by Crippen LogP contribution is -2.29. The van der Waals surface area contributed by atoms with Gasteiger partial charge < -0.3 is 0 Å². The van der Waals surface area contributed by atoms with E-state index in [1.165, 1.54) is 12.1 Å². The van der Waals surface area contributed by atoms with Gasteiger partial charge in [0.2, 0.25) is 0 Å². The number of hydrogen-bond acceptors (Lipinski definition) is 3. The van der Waals surface area contributed by atoms with E-state index in [1.54, 1.807) is 17.4 Å². The number of thiophene rings is 1. The normalized spacial score (nSPS) is 12.7. The Bertz CT molecular complexity index is 547. The summed E-state index contributed by atoms with van der Waals surface area (Å²) in [7, 11) is 0. The Morgan fingerprint density at radius 3 is 2.83 bits per heavy atom. The number of rotatable bonds is 4. The predicted molar refractivity (Wildman–Crippen MR) is 77.2 cm³/mol. The minimum Gasteiger partial charge on any atom is -0.271 e. The Hall–Kier alpha value is -0.460. The minimum absolute atomic E-state index is 0.0909. The number of benzene rings is 1. The molecule has 1 heterocycles. The molecule has 1 unspecified atom stereocenters. The molecule has 2 aromatic rings. The fourth-order valence-corrected chi connectivity index (χ4v) is 3.12. The summed E-state index contributed by atoms with van der Waals surface area (Å²) < 4.78 is 14.2. The van der Waals surface area contributed by atoms with Crippen LogP contribution in [0, 0.1) is 5.82 Å². The van der Waals surface area contributed by atoms with E-state index in [0.717, 1.165) is 14.9 Å². The van der Waals surface area contributed by atoms with Crippen LogP contribution in [0.1, 0.15) is 17.2 Å². The maximum Gasteiger partial charge on any atom is 0.123 e. The Labute approximate surface area is 122 Å². The molecule has 1 atom stereocenters. The second-order valence-electron chi connectivity index (χ2n) is 3.84. The van der Waals surface area contributed by atoms with E-state index in [2.05, 4.69) is 21.4 Å². The molecule has 3 N–H and O–H groups in total. The van der Waals surface area contributed by atoms with Crippen LogP contribution in [0.5, 0.6) is 0 Å². The summed E-state index contributed by atoms with van der Waals surface area (Å²) in [6.45, 7) is 0. The van der Waals surface area contributed by atoms with Gasteiger partial charge in [-0.2, -0.15) is 0 Å². The number of halogens is 3. The van der Waals surface area contributed by atoms with Crippen molar-refractivity contribution in [3.05, 3.63) is 55.4 Å². The monoisotopic (exact) mass is 348 g/mol. The third kappa shape index (κ3) is 3.30. The van der Waals surface area contributed by atoms with E-state index in [9.17, 15) is 4.39 Å². The molecule has 6 heteroatoms. The molecule has 0 aliphatic heterocycles. The number of nitrogens with two attached hydrogens (primary N) is 1. The smallest absolute Gasteiger partial charge is 0.123 e. The molecule has 2 rings (SSSR count). The van der Waals surface area contributed by atoms with Gasteiger partial charge in [0.05, 0.1) is 9.83 Å². The van der Waals surface area contributed by atoms with Gasteiger partial charge in [0.15, 0.2) is 0 Å². The lowest BCUT2D eigenvalue weighted by atomic mass is 10.0. The molecule has 0 aliphatic rings. The average Bonchev–Trinajstić information content (AvgIpc) is 2.77. The zero-order chi connectivity index (χ0) is 13.1. The van der Waals surface area contributed by atoms with Crippen LogP contribution < -0.4 is 11.3 Å². The molecule has 0 saturated carbocycles. The Kier molecular flexibility index (Phi) is 4.75. The van der Waals surface area contributed by atoms with Crippen molar-refractivity contribution in [1.29, 1.82) is 0 Å². The molecule has 0 saturated heterocycles. The van der Waals surface area contributed by atoms with Gasteiger partial charge >= 0.3 is 0 Å². The van der Waals surface area contributed by atoms with Gasteiger partial charge in [-0.05, 0) is 63.1 Å². The second kappa shape index (κ2) is 6.12. The maximum absolute atomic E-state index is 13.2. The minimum atomic E-state index is -0.295. The Morgan fingerprint density at radius 1 is 1.44 bits per heavy atom. The van der Waals surface area contributed by atoms with Crippen molar-refractivity contribution in [1.82, 2.24) is 5.43 Å². The third-order valence-electron chi connectivity index (χ3n) is 2.62.